The highest BCUT2D eigenvalue weighted by Crippen LogP contribution is 2.42. The van der Waals surface area contributed by atoms with Crippen LogP contribution in [-0.2, 0) is 4.79 Å². The van der Waals surface area contributed by atoms with E-state index in [4.69, 9.17) is 0 Å². The lowest BCUT2D eigenvalue weighted by molar-refractivity contribution is -0.121. The lowest BCUT2D eigenvalue weighted by Gasteiger charge is -2.32. The van der Waals surface area contributed by atoms with Crippen molar-refractivity contribution >= 4 is 17.7 Å². The molecule has 1 aromatic carbocycles. The summed E-state index contributed by atoms with van der Waals surface area (Å²) in [5, 5.41) is 21.3. The van der Waals surface area contributed by atoms with Gasteiger partial charge in [0.1, 0.15) is 11.4 Å². The van der Waals surface area contributed by atoms with Crippen molar-refractivity contribution in [2.24, 2.45) is 0 Å². The van der Waals surface area contributed by atoms with Crippen molar-refractivity contribution in [1.82, 2.24) is 20.1 Å². The number of hydrogen-bond acceptors (Lipinski definition) is 5. The van der Waals surface area contributed by atoms with Crippen LogP contribution in [0.5, 0.6) is 0 Å². The predicted molar refractivity (Wildman–Crippen MR) is 109 cm³/mol. The molecule has 2 aromatic rings. The van der Waals surface area contributed by atoms with Crippen molar-refractivity contribution in [3.05, 3.63) is 30.1 Å². The number of nitriles is 1. The first-order chi connectivity index (χ1) is 14.0. The smallest absolute Gasteiger partial charge is 0.234 e. The molecule has 1 atom stereocenters. The van der Waals surface area contributed by atoms with E-state index in [1.807, 2.05) is 11.5 Å². The Hall–Kier alpha value is -2.40. The van der Waals surface area contributed by atoms with Crippen LogP contribution in [0.3, 0.4) is 0 Å². The average Bonchev–Trinajstić information content (AvgIpc) is 3.49. The molecular formula is C21H24FN5OS. The predicted octanol–water partition coefficient (Wildman–Crippen LogP) is 4.24. The fraction of sp³-hybridized carbons (Fsp3) is 0.524. The Morgan fingerprint density at radius 1 is 1.31 bits per heavy atom. The van der Waals surface area contributed by atoms with E-state index in [1.165, 1.54) is 17.8 Å². The normalized spacial score (nSPS) is 19.3. The second-order valence-electron chi connectivity index (χ2n) is 7.89. The molecule has 29 heavy (non-hydrogen) atoms. The molecule has 0 saturated heterocycles. The third-order valence-electron chi connectivity index (χ3n) is 5.63. The minimum absolute atomic E-state index is 0.170. The highest BCUT2D eigenvalue weighted by atomic mass is 32.2. The average molecular weight is 414 g/mol. The first-order valence-electron chi connectivity index (χ1n) is 10.1. The SMILES string of the molecule is C[C@@H](Sc1nnc(-c2ccccc2F)n1C1CC1)C(=O)NC1(C#N)CCCCC1. The van der Waals surface area contributed by atoms with E-state index in [-0.39, 0.29) is 17.8 Å². The molecule has 2 saturated carbocycles. The number of halogens is 1. The van der Waals surface area contributed by atoms with Gasteiger partial charge in [0.05, 0.1) is 16.9 Å². The van der Waals surface area contributed by atoms with Gasteiger partial charge in [-0.15, -0.1) is 10.2 Å². The molecule has 2 aliphatic rings. The quantitative estimate of drug-likeness (QED) is 0.716. The number of thioether (sulfide) groups is 1. The number of rotatable bonds is 6. The van der Waals surface area contributed by atoms with Gasteiger partial charge in [-0.05, 0) is 44.7 Å². The number of nitrogens with zero attached hydrogens (tertiary/aromatic N) is 4. The van der Waals surface area contributed by atoms with Gasteiger partial charge in [0.15, 0.2) is 11.0 Å². The van der Waals surface area contributed by atoms with Gasteiger partial charge in [-0.25, -0.2) is 4.39 Å². The third-order valence-corrected chi connectivity index (χ3v) is 6.68. The molecule has 1 amide bonds. The van der Waals surface area contributed by atoms with Gasteiger partial charge in [0.25, 0.3) is 0 Å². The number of benzene rings is 1. The minimum Gasteiger partial charge on any atom is -0.337 e. The van der Waals surface area contributed by atoms with E-state index in [9.17, 15) is 14.4 Å². The molecule has 152 valence electrons. The first kappa shape index (κ1) is 19.9. The molecule has 2 aliphatic carbocycles. The largest absolute Gasteiger partial charge is 0.337 e. The van der Waals surface area contributed by atoms with E-state index in [2.05, 4.69) is 21.6 Å². The number of nitrogens with one attached hydrogen (secondary N) is 1. The van der Waals surface area contributed by atoms with E-state index in [0.29, 0.717) is 29.4 Å². The van der Waals surface area contributed by atoms with Crippen LogP contribution in [0.4, 0.5) is 4.39 Å². The lowest BCUT2D eigenvalue weighted by atomic mass is 9.83. The van der Waals surface area contributed by atoms with Gasteiger partial charge in [0, 0.05) is 6.04 Å². The van der Waals surface area contributed by atoms with Gasteiger partial charge < -0.3 is 5.32 Å². The van der Waals surface area contributed by atoms with Crippen LogP contribution in [0, 0.1) is 17.1 Å². The van der Waals surface area contributed by atoms with Crippen molar-refractivity contribution in [3.8, 4) is 17.5 Å². The number of aromatic nitrogens is 3. The Morgan fingerprint density at radius 3 is 2.69 bits per heavy atom. The summed E-state index contributed by atoms with van der Waals surface area (Å²) in [6, 6.07) is 9.09. The molecule has 0 radical (unpaired) electrons. The van der Waals surface area contributed by atoms with E-state index in [1.54, 1.807) is 18.2 Å². The Kier molecular flexibility index (Phi) is 5.59. The van der Waals surface area contributed by atoms with Crippen molar-refractivity contribution in [1.29, 1.82) is 5.26 Å². The van der Waals surface area contributed by atoms with Crippen LogP contribution in [0.1, 0.15) is 57.9 Å². The molecular weight excluding hydrogens is 389 g/mol. The minimum atomic E-state index is -0.757. The van der Waals surface area contributed by atoms with Crippen LogP contribution >= 0.6 is 11.8 Å². The van der Waals surface area contributed by atoms with Crippen LogP contribution in [0.25, 0.3) is 11.4 Å². The molecule has 0 bridgehead atoms. The molecule has 0 unspecified atom stereocenters. The van der Waals surface area contributed by atoms with Gasteiger partial charge in [-0.1, -0.05) is 43.2 Å². The summed E-state index contributed by atoms with van der Waals surface area (Å²) in [4.78, 5) is 12.8. The number of carbonyl (C=O) groups excluding carboxylic acids is 1. The molecule has 1 heterocycles. The molecule has 1 aromatic heterocycles. The van der Waals surface area contributed by atoms with Gasteiger partial charge >= 0.3 is 0 Å². The summed E-state index contributed by atoms with van der Waals surface area (Å²) < 4.78 is 16.3. The zero-order chi connectivity index (χ0) is 20.4. The third kappa shape index (κ3) is 4.15. The number of amides is 1. The highest BCUT2D eigenvalue weighted by Gasteiger charge is 2.36. The summed E-state index contributed by atoms with van der Waals surface area (Å²) >= 11 is 1.31. The Bertz CT molecular complexity index is 943. The maximum atomic E-state index is 14.3. The Labute approximate surface area is 173 Å². The van der Waals surface area contributed by atoms with Crippen molar-refractivity contribution < 1.29 is 9.18 Å². The molecule has 0 spiro atoms. The summed E-state index contributed by atoms with van der Waals surface area (Å²) in [7, 11) is 0. The topological polar surface area (TPSA) is 83.6 Å². The lowest BCUT2D eigenvalue weighted by Crippen LogP contribution is -2.51. The second kappa shape index (κ2) is 8.15. The van der Waals surface area contributed by atoms with Crippen LogP contribution in [0.2, 0.25) is 0 Å². The number of carbonyl (C=O) groups is 1. The molecule has 0 aliphatic heterocycles. The van der Waals surface area contributed by atoms with Crippen LogP contribution < -0.4 is 5.32 Å². The maximum Gasteiger partial charge on any atom is 0.234 e. The van der Waals surface area contributed by atoms with E-state index < -0.39 is 10.8 Å². The fourth-order valence-electron chi connectivity index (χ4n) is 3.81. The van der Waals surface area contributed by atoms with Crippen molar-refractivity contribution in [2.45, 2.75) is 73.9 Å². The monoisotopic (exact) mass is 413 g/mol. The second-order valence-corrected chi connectivity index (χ2v) is 9.20. The van der Waals surface area contributed by atoms with E-state index >= 15 is 0 Å². The fourth-order valence-corrected chi connectivity index (χ4v) is 4.73. The first-order valence-corrected chi connectivity index (χ1v) is 11.0. The summed E-state index contributed by atoms with van der Waals surface area (Å²) in [6.07, 6.45) is 6.39. The van der Waals surface area contributed by atoms with Gasteiger partial charge in [-0.3, -0.25) is 9.36 Å². The van der Waals surface area contributed by atoms with E-state index in [0.717, 1.165) is 32.1 Å². The van der Waals surface area contributed by atoms with Gasteiger partial charge in [-0.2, -0.15) is 5.26 Å². The molecule has 4 rings (SSSR count). The van der Waals surface area contributed by atoms with Crippen LogP contribution in [0.15, 0.2) is 29.4 Å². The summed E-state index contributed by atoms with van der Waals surface area (Å²) in [6.45, 7) is 1.81. The zero-order valence-corrected chi connectivity index (χ0v) is 17.2. The number of hydrogen-bond donors (Lipinski definition) is 1. The van der Waals surface area contributed by atoms with Crippen molar-refractivity contribution in [3.63, 3.8) is 0 Å². The Morgan fingerprint density at radius 2 is 2.03 bits per heavy atom. The highest BCUT2D eigenvalue weighted by molar-refractivity contribution is 8.00. The molecule has 1 N–H and O–H groups in total. The molecule has 6 nitrogen and oxygen atoms in total. The van der Waals surface area contributed by atoms with Gasteiger partial charge in [0.2, 0.25) is 5.91 Å². The Balaban J connectivity index is 1.53. The van der Waals surface area contributed by atoms with Crippen LogP contribution in [-0.4, -0.2) is 31.5 Å². The molecule has 8 heteroatoms. The van der Waals surface area contributed by atoms with Crippen molar-refractivity contribution in [2.75, 3.05) is 0 Å². The summed E-state index contributed by atoms with van der Waals surface area (Å²) in [5.41, 5.74) is -0.339. The zero-order valence-electron chi connectivity index (χ0n) is 16.4. The maximum absolute atomic E-state index is 14.3. The summed E-state index contributed by atoms with van der Waals surface area (Å²) in [5.74, 6) is -0.00451. The molecule has 2 fully saturated rings. The standard InChI is InChI=1S/C21H24FN5OS/c1-14(19(28)24-21(13-23)11-5-2-6-12-21)29-20-26-25-18(27(20)15-9-10-15)16-7-3-4-8-17(16)22/h3-4,7-8,14-15H,2,5-6,9-12H2,1H3,(H,24,28)/t14-/m1/s1.